The lowest BCUT2D eigenvalue weighted by Crippen LogP contribution is -2.35. The lowest BCUT2D eigenvalue weighted by Gasteiger charge is -2.25. The van der Waals surface area contributed by atoms with Crippen molar-refractivity contribution in [2.75, 3.05) is 17.4 Å². The molecule has 0 radical (unpaired) electrons. The molecule has 1 saturated heterocycles. The molecule has 0 unspecified atom stereocenters. The van der Waals surface area contributed by atoms with Crippen molar-refractivity contribution in [1.82, 2.24) is 4.90 Å². The lowest BCUT2D eigenvalue weighted by atomic mass is 10.1. The first kappa shape index (κ1) is 20.2. The van der Waals surface area contributed by atoms with Gasteiger partial charge in [-0.05, 0) is 74.2 Å². The molecule has 2 heterocycles. The van der Waals surface area contributed by atoms with Crippen LogP contribution in [0.3, 0.4) is 0 Å². The smallest absolute Gasteiger partial charge is 0.264 e. The summed E-state index contributed by atoms with van der Waals surface area (Å²) >= 11 is 5.91. The van der Waals surface area contributed by atoms with E-state index in [1.54, 1.807) is 24.3 Å². The first-order chi connectivity index (χ1) is 13.9. The maximum Gasteiger partial charge on any atom is 0.264 e. The third kappa shape index (κ3) is 3.88. The molecule has 0 spiro atoms. The van der Waals surface area contributed by atoms with Gasteiger partial charge < -0.3 is 4.90 Å². The van der Waals surface area contributed by atoms with Crippen LogP contribution in [0.15, 0.2) is 47.4 Å². The molecule has 1 atom stereocenters. The zero-order chi connectivity index (χ0) is 20.6. The van der Waals surface area contributed by atoms with Gasteiger partial charge in [0.05, 0.1) is 10.6 Å². The van der Waals surface area contributed by atoms with Crippen molar-refractivity contribution >= 4 is 33.2 Å². The number of sulfonamides is 1. The van der Waals surface area contributed by atoms with Crippen LogP contribution in [-0.2, 0) is 16.4 Å². The van der Waals surface area contributed by atoms with Crippen LogP contribution in [0.5, 0.6) is 0 Å². The Balaban J connectivity index is 1.64. The van der Waals surface area contributed by atoms with Gasteiger partial charge in [-0.25, -0.2) is 8.42 Å². The normalized spacial score (nSPS) is 19.7. The number of fused-ring (bicyclic) bond motifs is 1. The van der Waals surface area contributed by atoms with E-state index >= 15 is 0 Å². The largest absolute Gasteiger partial charge is 0.339 e. The molecule has 0 saturated carbocycles. The highest BCUT2D eigenvalue weighted by atomic mass is 35.5. The minimum Gasteiger partial charge on any atom is -0.339 e. The van der Waals surface area contributed by atoms with E-state index in [0.29, 0.717) is 22.7 Å². The number of anilines is 1. The number of benzene rings is 2. The van der Waals surface area contributed by atoms with E-state index in [-0.39, 0.29) is 16.8 Å². The SMILES string of the molecule is C[C@H]1Cc2cc(C(=O)N3CCCCCC3)ccc2N1S(=O)(=O)c1ccc(Cl)cc1. The van der Waals surface area contributed by atoms with Gasteiger partial charge in [0, 0.05) is 29.7 Å². The summed E-state index contributed by atoms with van der Waals surface area (Å²) in [4.78, 5) is 15.1. The Bertz CT molecular complexity index is 1010. The van der Waals surface area contributed by atoms with Crippen LogP contribution in [-0.4, -0.2) is 38.4 Å². The van der Waals surface area contributed by atoms with Gasteiger partial charge in [-0.2, -0.15) is 0 Å². The Morgan fingerprint density at radius 3 is 2.31 bits per heavy atom. The molecule has 7 heteroatoms. The van der Waals surface area contributed by atoms with Crippen molar-refractivity contribution in [3.8, 4) is 0 Å². The predicted molar refractivity (Wildman–Crippen MR) is 115 cm³/mol. The second kappa shape index (κ2) is 8.00. The number of carbonyl (C=O) groups excluding carboxylic acids is 1. The minimum absolute atomic E-state index is 0.0429. The molecule has 2 aliphatic heterocycles. The van der Waals surface area contributed by atoms with E-state index < -0.39 is 10.0 Å². The molecule has 2 aliphatic rings. The van der Waals surface area contributed by atoms with E-state index in [9.17, 15) is 13.2 Å². The number of amides is 1. The molecule has 2 aromatic carbocycles. The van der Waals surface area contributed by atoms with Crippen molar-refractivity contribution < 1.29 is 13.2 Å². The van der Waals surface area contributed by atoms with Crippen LogP contribution in [0.4, 0.5) is 5.69 Å². The molecular weight excluding hydrogens is 408 g/mol. The first-order valence-corrected chi connectivity index (χ1v) is 11.9. The number of likely N-dealkylation sites (tertiary alicyclic amines) is 1. The Kier molecular flexibility index (Phi) is 5.58. The van der Waals surface area contributed by atoms with Crippen molar-refractivity contribution in [3.63, 3.8) is 0 Å². The second-order valence-corrected chi connectivity index (χ2v) is 10.1. The quantitative estimate of drug-likeness (QED) is 0.717. The van der Waals surface area contributed by atoms with Crippen LogP contribution >= 0.6 is 11.6 Å². The standard InChI is InChI=1S/C22H25ClN2O3S/c1-16-14-18-15-17(22(26)24-12-4-2-3-5-13-24)6-11-21(18)25(16)29(27,28)20-9-7-19(23)8-10-20/h6-11,15-16H,2-5,12-14H2,1H3/t16-/m0/s1. The fraction of sp³-hybridized carbons (Fsp3) is 0.409. The van der Waals surface area contributed by atoms with Crippen molar-refractivity contribution in [2.24, 2.45) is 0 Å². The van der Waals surface area contributed by atoms with E-state index in [2.05, 4.69) is 0 Å². The Morgan fingerprint density at radius 2 is 1.66 bits per heavy atom. The second-order valence-electron chi connectivity index (χ2n) is 7.86. The van der Waals surface area contributed by atoms with Gasteiger partial charge in [0.25, 0.3) is 15.9 Å². The van der Waals surface area contributed by atoms with Gasteiger partial charge in [-0.1, -0.05) is 24.4 Å². The monoisotopic (exact) mass is 432 g/mol. The summed E-state index contributed by atoms with van der Waals surface area (Å²) in [6.07, 6.45) is 5.01. The summed E-state index contributed by atoms with van der Waals surface area (Å²) in [5, 5.41) is 0.496. The fourth-order valence-corrected chi connectivity index (χ4v) is 6.10. The molecule has 1 fully saturated rings. The fourth-order valence-electron chi connectivity index (χ4n) is 4.28. The molecular formula is C22H25ClN2O3S. The molecule has 0 aromatic heterocycles. The molecule has 154 valence electrons. The minimum atomic E-state index is -3.70. The summed E-state index contributed by atoms with van der Waals surface area (Å²) in [5.41, 5.74) is 2.19. The van der Waals surface area contributed by atoms with Crippen LogP contribution < -0.4 is 4.31 Å². The maximum absolute atomic E-state index is 13.2. The van der Waals surface area contributed by atoms with Crippen molar-refractivity contribution in [1.29, 1.82) is 0 Å². The van der Waals surface area contributed by atoms with Crippen LogP contribution in [0.1, 0.15) is 48.5 Å². The summed E-state index contributed by atoms with van der Waals surface area (Å²) in [7, 11) is -3.70. The Morgan fingerprint density at radius 1 is 1.00 bits per heavy atom. The average molecular weight is 433 g/mol. The van der Waals surface area contributed by atoms with E-state index in [1.165, 1.54) is 29.3 Å². The van der Waals surface area contributed by atoms with Crippen LogP contribution in [0.25, 0.3) is 0 Å². The van der Waals surface area contributed by atoms with Gasteiger partial charge in [0.15, 0.2) is 0 Å². The number of hydrogen-bond donors (Lipinski definition) is 0. The summed E-state index contributed by atoms with van der Waals surface area (Å²) in [5.74, 6) is 0.0429. The van der Waals surface area contributed by atoms with Crippen molar-refractivity contribution in [2.45, 2.75) is 50.0 Å². The first-order valence-electron chi connectivity index (χ1n) is 10.1. The molecule has 0 aliphatic carbocycles. The molecule has 1 amide bonds. The third-order valence-electron chi connectivity index (χ3n) is 5.74. The van der Waals surface area contributed by atoms with E-state index in [4.69, 9.17) is 11.6 Å². The Hall–Kier alpha value is -2.05. The van der Waals surface area contributed by atoms with Gasteiger partial charge in [-0.3, -0.25) is 9.10 Å². The number of halogens is 1. The molecule has 29 heavy (non-hydrogen) atoms. The van der Waals surface area contributed by atoms with Crippen molar-refractivity contribution in [3.05, 3.63) is 58.6 Å². The van der Waals surface area contributed by atoms with Gasteiger partial charge in [0.1, 0.15) is 0 Å². The maximum atomic E-state index is 13.2. The summed E-state index contributed by atoms with van der Waals surface area (Å²) < 4.78 is 27.9. The number of nitrogens with zero attached hydrogens (tertiary/aromatic N) is 2. The molecule has 5 nitrogen and oxygen atoms in total. The zero-order valence-corrected chi connectivity index (χ0v) is 18.0. The van der Waals surface area contributed by atoms with Gasteiger partial charge >= 0.3 is 0 Å². The van der Waals surface area contributed by atoms with Crippen LogP contribution in [0, 0.1) is 0 Å². The van der Waals surface area contributed by atoms with Gasteiger partial charge in [0.2, 0.25) is 0 Å². The molecule has 0 N–H and O–H groups in total. The molecule has 0 bridgehead atoms. The lowest BCUT2D eigenvalue weighted by molar-refractivity contribution is 0.0761. The topological polar surface area (TPSA) is 57.7 Å². The van der Waals surface area contributed by atoms with Crippen LogP contribution in [0.2, 0.25) is 5.02 Å². The number of hydrogen-bond acceptors (Lipinski definition) is 3. The third-order valence-corrected chi connectivity index (χ3v) is 7.94. The highest BCUT2D eigenvalue weighted by Crippen LogP contribution is 2.37. The summed E-state index contributed by atoms with van der Waals surface area (Å²) in [6.45, 7) is 3.48. The molecule has 2 aromatic rings. The Labute approximate surface area is 177 Å². The number of rotatable bonds is 3. The highest BCUT2D eigenvalue weighted by Gasteiger charge is 2.36. The zero-order valence-electron chi connectivity index (χ0n) is 16.5. The summed E-state index contributed by atoms with van der Waals surface area (Å²) in [6, 6.07) is 11.4. The van der Waals surface area contributed by atoms with E-state index in [1.807, 2.05) is 17.9 Å². The van der Waals surface area contributed by atoms with E-state index in [0.717, 1.165) is 31.5 Å². The highest BCUT2D eigenvalue weighted by molar-refractivity contribution is 7.92. The average Bonchev–Trinajstić information content (AvgIpc) is 2.86. The van der Waals surface area contributed by atoms with Gasteiger partial charge in [-0.15, -0.1) is 0 Å². The predicted octanol–water partition coefficient (Wildman–Crippen LogP) is 4.50. The molecule has 4 rings (SSSR count). The number of carbonyl (C=O) groups is 1.